The van der Waals surface area contributed by atoms with Crippen LogP contribution in [0.25, 0.3) is 10.9 Å². The van der Waals surface area contributed by atoms with Gasteiger partial charge >= 0.3 is 0 Å². The molecule has 6 nitrogen and oxygen atoms in total. The zero-order chi connectivity index (χ0) is 21.4. The Bertz CT molecular complexity index is 1140. The summed E-state index contributed by atoms with van der Waals surface area (Å²) in [6.45, 7) is 3.90. The minimum Gasteiger partial charge on any atom is -0.356 e. The van der Waals surface area contributed by atoms with Crippen LogP contribution in [0, 0.1) is 6.92 Å². The molecule has 0 bridgehead atoms. The first-order chi connectivity index (χ1) is 15.1. The SMILES string of the molecule is Cc1cccc(C2c3[nH]c4ccccc4c3CCN2C(=O)CCN2CCCCC2=O)n1. The molecule has 31 heavy (non-hydrogen) atoms. The van der Waals surface area contributed by atoms with E-state index in [4.69, 9.17) is 4.98 Å². The lowest BCUT2D eigenvalue weighted by atomic mass is 9.94. The zero-order valence-corrected chi connectivity index (χ0v) is 17.9. The molecule has 0 aliphatic carbocycles. The minimum atomic E-state index is -0.236. The Morgan fingerprint density at radius 1 is 1.10 bits per heavy atom. The number of carbonyl (C=O) groups excluding carboxylic acids is 2. The van der Waals surface area contributed by atoms with Crippen LogP contribution in [0.1, 0.15) is 54.4 Å². The number of nitrogens with one attached hydrogen (secondary N) is 1. The first kappa shape index (κ1) is 19.8. The Morgan fingerprint density at radius 2 is 1.97 bits per heavy atom. The van der Waals surface area contributed by atoms with E-state index in [-0.39, 0.29) is 17.9 Å². The summed E-state index contributed by atoms with van der Waals surface area (Å²) in [5.74, 6) is 0.253. The zero-order valence-electron chi connectivity index (χ0n) is 17.9. The van der Waals surface area contributed by atoms with Gasteiger partial charge in [0.1, 0.15) is 6.04 Å². The largest absolute Gasteiger partial charge is 0.356 e. The smallest absolute Gasteiger partial charge is 0.225 e. The van der Waals surface area contributed by atoms with Crippen molar-refractivity contribution in [1.29, 1.82) is 0 Å². The number of amides is 2. The summed E-state index contributed by atoms with van der Waals surface area (Å²) in [5.41, 5.74) is 5.26. The third kappa shape index (κ3) is 3.71. The predicted molar refractivity (Wildman–Crippen MR) is 120 cm³/mol. The van der Waals surface area contributed by atoms with E-state index >= 15 is 0 Å². The lowest BCUT2D eigenvalue weighted by molar-refractivity contribution is -0.136. The first-order valence-electron chi connectivity index (χ1n) is 11.2. The fraction of sp³-hybridized carbons (Fsp3) is 0.400. The molecule has 2 aromatic heterocycles. The Hall–Kier alpha value is -3.15. The Balaban J connectivity index is 1.47. The highest BCUT2D eigenvalue weighted by Gasteiger charge is 2.35. The number of hydrogen-bond donors (Lipinski definition) is 1. The van der Waals surface area contributed by atoms with Gasteiger partial charge in [-0.3, -0.25) is 14.6 Å². The number of H-pyrrole nitrogens is 1. The molecular formula is C25H28N4O2. The molecule has 4 heterocycles. The quantitative estimate of drug-likeness (QED) is 0.704. The van der Waals surface area contributed by atoms with Crippen LogP contribution in [-0.2, 0) is 16.0 Å². The van der Waals surface area contributed by atoms with E-state index in [2.05, 4.69) is 23.2 Å². The van der Waals surface area contributed by atoms with E-state index in [1.54, 1.807) is 0 Å². The van der Waals surface area contributed by atoms with Crippen LogP contribution in [-0.4, -0.2) is 51.2 Å². The average Bonchev–Trinajstić information content (AvgIpc) is 3.16. The molecule has 1 saturated heterocycles. The molecule has 1 fully saturated rings. The fourth-order valence-corrected chi connectivity index (χ4v) is 5.01. The number of carbonyl (C=O) groups is 2. The third-order valence-corrected chi connectivity index (χ3v) is 6.56. The molecule has 1 N–H and O–H groups in total. The molecule has 1 aromatic carbocycles. The average molecular weight is 417 g/mol. The number of piperidine rings is 1. The maximum atomic E-state index is 13.4. The number of hydrogen-bond acceptors (Lipinski definition) is 3. The summed E-state index contributed by atoms with van der Waals surface area (Å²) in [6, 6.07) is 14.1. The molecule has 1 atom stereocenters. The second-order valence-corrected chi connectivity index (χ2v) is 8.59. The van der Waals surface area contributed by atoms with Crippen LogP contribution < -0.4 is 0 Å². The highest BCUT2D eigenvalue weighted by Crippen LogP contribution is 2.38. The summed E-state index contributed by atoms with van der Waals surface area (Å²) in [5, 5.41) is 1.22. The molecule has 1 unspecified atom stereocenters. The van der Waals surface area contributed by atoms with Crippen molar-refractivity contribution in [3.63, 3.8) is 0 Å². The van der Waals surface area contributed by atoms with Crippen molar-refractivity contribution >= 4 is 22.7 Å². The van der Waals surface area contributed by atoms with Gasteiger partial charge in [-0.2, -0.15) is 0 Å². The molecule has 2 amide bonds. The summed E-state index contributed by atoms with van der Waals surface area (Å²) < 4.78 is 0. The summed E-state index contributed by atoms with van der Waals surface area (Å²) in [4.78, 5) is 37.7. The number of para-hydroxylation sites is 1. The summed E-state index contributed by atoms with van der Waals surface area (Å²) >= 11 is 0. The standard InChI is InChI=1S/C25H28N4O2/c1-17-7-6-10-21(26-17)25-24-19(18-8-2-3-9-20(18)27-24)12-16-29(25)23(31)13-15-28-14-5-4-11-22(28)30/h2-3,6-10,25,27H,4-5,11-16H2,1H3. The van der Waals surface area contributed by atoms with Gasteiger partial charge in [0, 0.05) is 54.8 Å². The Morgan fingerprint density at radius 3 is 2.81 bits per heavy atom. The van der Waals surface area contributed by atoms with Crippen molar-refractivity contribution in [1.82, 2.24) is 19.8 Å². The van der Waals surface area contributed by atoms with Crippen LogP contribution >= 0.6 is 0 Å². The number of likely N-dealkylation sites (tertiary alicyclic amines) is 1. The van der Waals surface area contributed by atoms with Crippen LogP contribution in [0.5, 0.6) is 0 Å². The molecule has 2 aliphatic rings. The predicted octanol–water partition coefficient (Wildman–Crippen LogP) is 3.75. The number of fused-ring (bicyclic) bond motifs is 3. The van der Waals surface area contributed by atoms with Crippen LogP contribution in [0.3, 0.4) is 0 Å². The van der Waals surface area contributed by atoms with Crippen molar-refractivity contribution in [2.75, 3.05) is 19.6 Å². The number of aromatic amines is 1. The van der Waals surface area contributed by atoms with Crippen molar-refractivity contribution in [2.45, 2.75) is 45.1 Å². The molecule has 0 radical (unpaired) electrons. The van der Waals surface area contributed by atoms with Gasteiger partial charge in [0.25, 0.3) is 0 Å². The topological polar surface area (TPSA) is 69.3 Å². The van der Waals surface area contributed by atoms with Crippen LogP contribution in [0.15, 0.2) is 42.5 Å². The number of nitrogens with zero attached hydrogens (tertiary/aromatic N) is 3. The van der Waals surface area contributed by atoms with Gasteiger partial charge in [-0.25, -0.2) is 0 Å². The van der Waals surface area contributed by atoms with E-state index in [0.717, 1.165) is 48.4 Å². The second kappa shape index (κ2) is 8.17. The van der Waals surface area contributed by atoms with Crippen molar-refractivity contribution in [3.05, 3.63) is 65.1 Å². The van der Waals surface area contributed by atoms with E-state index < -0.39 is 0 Å². The van der Waals surface area contributed by atoms with Crippen LogP contribution in [0.2, 0.25) is 0 Å². The van der Waals surface area contributed by atoms with E-state index in [0.29, 0.717) is 25.9 Å². The molecule has 2 aliphatic heterocycles. The number of aryl methyl sites for hydroxylation is 1. The molecule has 0 saturated carbocycles. The second-order valence-electron chi connectivity index (χ2n) is 8.59. The van der Waals surface area contributed by atoms with E-state index in [9.17, 15) is 9.59 Å². The molecule has 160 valence electrons. The van der Waals surface area contributed by atoms with Crippen LogP contribution in [0.4, 0.5) is 0 Å². The van der Waals surface area contributed by atoms with Gasteiger partial charge in [0.05, 0.1) is 5.69 Å². The molecular weight excluding hydrogens is 388 g/mol. The molecule has 5 rings (SSSR count). The Kier molecular flexibility index (Phi) is 5.22. The normalized spacial score (nSPS) is 19.0. The van der Waals surface area contributed by atoms with Gasteiger partial charge in [0.2, 0.25) is 11.8 Å². The minimum absolute atomic E-state index is 0.0796. The number of aromatic nitrogens is 2. The molecule has 6 heteroatoms. The molecule has 0 spiro atoms. The van der Waals surface area contributed by atoms with Gasteiger partial charge in [0.15, 0.2) is 0 Å². The van der Waals surface area contributed by atoms with Gasteiger partial charge in [-0.15, -0.1) is 0 Å². The van der Waals surface area contributed by atoms with Crippen molar-refractivity contribution in [2.24, 2.45) is 0 Å². The summed E-state index contributed by atoms with van der Waals surface area (Å²) in [6.07, 6.45) is 3.75. The first-order valence-corrected chi connectivity index (χ1v) is 11.2. The number of pyridine rings is 1. The highest BCUT2D eigenvalue weighted by molar-refractivity contribution is 5.86. The van der Waals surface area contributed by atoms with Gasteiger partial charge < -0.3 is 14.8 Å². The maximum Gasteiger partial charge on any atom is 0.225 e. The fourth-order valence-electron chi connectivity index (χ4n) is 5.01. The van der Waals surface area contributed by atoms with E-state index in [1.807, 2.05) is 41.0 Å². The van der Waals surface area contributed by atoms with Crippen molar-refractivity contribution < 1.29 is 9.59 Å². The van der Waals surface area contributed by atoms with Crippen molar-refractivity contribution in [3.8, 4) is 0 Å². The maximum absolute atomic E-state index is 13.4. The monoisotopic (exact) mass is 416 g/mol. The lowest BCUT2D eigenvalue weighted by Crippen LogP contribution is -2.43. The number of benzene rings is 1. The molecule has 3 aromatic rings. The third-order valence-electron chi connectivity index (χ3n) is 6.56. The lowest BCUT2D eigenvalue weighted by Gasteiger charge is -2.36. The van der Waals surface area contributed by atoms with Gasteiger partial charge in [-0.1, -0.05) is 24.3 Å². The Labute approximate surface area is 182 Å². The van der Waals surface area contributed by atoms with Gasteiger partial charge in [-0.05, 0) is 49.9 Å². The summed E-state index contributed by atoms with van der Waals surface area (Å²) in [7, 11) is 0. The highest BCUT2D eigenvalue weighted by atomic mass is 16.2. The number of rotatable bonds is 4. The van der Waals surface area contributed by atoms with E-state index in [1.165, 1.54) is 10.9 Å².